The van der Waals surface area contributed by atoms with Crippen molar-refractivity contribution in [1.29, 1.82) is 0 Å². The average molecular weight is 275 g/mol. The second kappa shape index (κ2) is 5.08. The molecule has 1 aliphatic rings. The van der Waals surface area contributed by atoms with Crippen molar-refractivity contribution < 1.29 is 27.8 Å². The molecule has 0 radical (unpaired) electrons. The zero-order chi connectivity index (χ0) is 14.0. The Morgan fingerprint density at radius 1 is 1.21 bits per heavy atom. The standard InChI is InChI=1S/C12H12F3NO3/c13-12(14,15)9-5-8(6-10(17)7-9)11(18)16-1-3-19-4-2-16/h5-7,17H,1-4H2. The summed E-state index contributed by atoms with van der Waals surface area (Å²) in [6.45, 7) is 1.37. The minimum atomic E-state index is -4.60. The summed E-state index contributed by atoms with van der Waals surface area (Å²) in [4.78, 5) is 13.4. The number of amides is 1. The number of alkyl halides is 3. The number of carbonyl (C=O) groups excluding carboxylic acids is 1. The average Bonchev–Trinajstić information content (AvgIpc) is 2.37. The van der Waals surface area contributed by atoms with Crippen LogP contribution in [0, 0.1) is 0 Å². The van der Waals surface area contributed by atoms with Crippen LogP contribution >= 0.6 is 0 Å². The molecule has 1 heterocycles. The number of nitrogens with zero attached hydrogens (tertiary/aromatic N) is 1. The molecule has 0 aromatic heterocycles. The van der Waals surface area contributed by atoms with Crippen molar-refractivity contribution in [3.8, 4) is 5.75 Å². The fraction of sp³-hybridized carbons (Fsp3) is 0.417. The minimum Gasteiger partial charge on any atom is -0.508 e. The fourth-order valence-corrected chi connectivity index (χ4v) is 1.85. The topological polar surface area (TPSA) is 49.8 Å². The maximum atomic E-state index is 12.6. The smallest absolute Gasteiger partial charge is 0.416 e. The number of ether oxygens (including phenoxy) is 1. The van der Waals surface area contributed by atoms with Gasteiger partial charge in [-0.15, -0.1) is 0 Å². The van der Waals surface area contributed by atoms with Crippen molar-refractivity contribution in [2.24, 2.45) is 0 Å². The first-order chi connectivity index (χ1) is 8.88. The Labute approximate surface area is 107 Å². The van der Waals surface area contributed by atoms with Gasteiger partial charge in [0.2, 0.25) is 0 Å². The first-order valence-corrected chi connectivity index (χ1v) is 5.66. The summed E-state index contributed by atoms with van der Waals surface area (Å²) in [6.07, 6.45) is -4.60. The van der Waals surface area contributed by atoms with E-state index in [0.717, 1.165) is 12.1 Å². The SMILES string of the molecule is O=C(c1cc(O)cc(C(F)(F)F)c1)N1CCOCC1. The van der Waals surface area contributed by atoms with Gasteiger partial charge in [-0.1, -0.05) is 0 Å². The lowest BCUT2D eigenvalue weighted by atomic mass is 10.1. The Morgan fingerprint density at radius 2 is 1.84 bits per heavy atom. The highest BCUT2D eigenvalue weighted by Crippen LogP contribution is 2.32. The zero-order valence-corrected chi connectivity index (χ0v) is 9.91. The first-order valence-electron chi connectivity index (χ1n) is 5.66. The number of halogens is 3. The van der Waals surface area contributed by atoms with Crippen molar-refractivity contribution in [3.63, 3.8) is 0 Å². The number of hydrogen-bond donors (Lipinski definition) is 1. The Morgan fingerprint density at radius 3 is 2.42 bits per heavy atom. The van der Waals surface area contributed by atoms with Gasteiger partial charge in [-0.2, -0.15) is 13.2 Å². The van der Waals surface area contributed by atoms with Crippen LogP contribution in [0.1, 0.15) is 15.9 Å². The van der Waals surface area contributed by atoms with Crippen molar-refractivity contribution in [2.45, 2.75) is 6.18 Å². The molecule has 19 heavy (non-hydrogen) atoms. The van der Waals surface area contributed by atoms with E-state index in [9.17, 15) is 23.1 Å². The summed E-state index contributed by atoms with van der Waals surface area (Å²) in [7, 11) is 0. The van der Waals surface area contributed by atoms with Crippen molar-refractivity contribution in [3.05, 3.63) is 29.3 Å². The van der Waals surface area contributed by atoms with Gasteiger partial charge in [0.05, 0.1) is 18.8 Å². The van der Waals surface area contributed by atoms with E-state index in [2.05, 4.69) is 0 Å². The van der Waals surface area contributed by atoms with Crippen molar-refractivity contribution >= 4 is 5.91 Å². The summed E-state index contributed by atoms with van der Waals surface area (Å²) in [5, 5.41) is 9.31. The van der Waals surface area contributed by atoms with Crippen LogP contribution < -0.4 is 0 Å². The Balaban J connectivity index is 2.28. The highest BCUT2D eigenvalue weighted by molar-refractivity contribution is 5.95. The highest BCUT2D eigenvalue weighted by Gasteiger charge is 2.32. The van der Waals surface area contributed by atoms with Gasteiger partial charge in [-0.25, -0.2) is 0 Å². The van der Waals surface area contributed by atoms with Crippen molar-refractivity contribution in [2.75, 3.05) is 26.3 Å². The molecule has 1 fully saturated rings. The number of morpholine rings is 1. The largest absolute Gasteiger partial charge is 0.508 e. The number of rotatable bonds is 1. The van der Waals surface area contributed by atoms with E-state index in [4.69, 9.17) is 4.74 Å². The molecule has 1 aromatic rings. The Hall–Kier alpha value is -1.76. The lowest BCUT2D eigenvalue weighted by molar-refractivity contribution is -0.137. The van der Waals surface area contributed by atoms with E-state index in [0.29, 0.717) is 32.4 Å². The summed E-state index contributed by atoms with van der Waals surface area (Å²) < 4.78 is 42.9. The van der Waals surface area contributed by atoms with Gasteiger partial charge in [0.1, 0.15) is 5.75 Å². The summed E-state index contributed by atoms with van der Waals surface area (Å²) in [5.41, 5.74) is -1.21. The zero-order valence-electron chi connectivity index (χ0n) is 9.91. The van der Waals surface area contributed by atoms with Gasteiger partial charge < -0.3 is 14.7 Å². The predicted octanol–water partition coefficient (Wildman–Crippen LogP) is 1.88. The second-order valence-corrected chi connectivity index (χ2v) is 4.17. The molecule has 1 amide bonds. The number of aromatic hydroxyl groups is 1. The van der Waals surface area contributed by atoms with E-state index < -0.39 is 23.4 Å². The molecule has 1 aromatic carbocycles. The normalized spacial score (nSPS) is 16.5. The van der Waals surface area contributed by atoms with Gasteiger partial charge in [0, 0.05) is 18.7 Å². The molecule has 1 saturated heterocycles. The van der Waals surface area contributed by atoms with Gasteiger partial charge in [-0.3, -0.25) is 4.79 Å². The Kier molecular flexibility index (Phi) is 3.66. The molecule has 0 spiro atoms. The molecule has 1 aliphatic heterocycles. The quantitative estimate of drug-likeness (QED) is 0.851. The van der Waals surface area contributed by atoms with Gasteiger partial charge in [-0.05, 0) is 18.2 Å². The van der Waals surface area contributed by atoms with Crippen LogP contribution in [0.4, 0.5) is 13.2 Å². The molecule has 1 N–H and O–H groups in total. The molecule has 2 rings (SSSR count). The molecule has 0 aliphatic carbocycles. The maximum Gasteiger partial charge on any atom is 0.416 e. The van der Waals surface area contributed by atoms with Crippen LogP contribution in [0.25, 0.3) is 0 Å². The van der Waals surface area contributed by atoms with Gasteiger partial charge >= 0.3 is 6.18 Å². The minimum absolute atomic E-state index is 0.172. The molecule has 0 bridgehead atoms. The fourth-order valence-electron chi connectivity index (χ4n) is 1.85. The predicted molar refractivity (Wildman–Crippen MR) is 59.8 cm³/mol. The molecule has 4 nitrogen and oxygen atoms in total. The molecule has 104 valence electrons. The third-order valence-electron chi connectivity index (χ3n) is 2.79. The van der Waals surface area contributed by atoms with E-state index in [1.807, 2.05) is 0 Å². The lowest BCUT2D eigenvalue weighted by Gasteiger charge is -2.27. The first kappa shape index (κ1) is 13.7. The van der Waals surface area contributed by atoms with Crippen LogP contribution in [0.3, 0.4) is 0 Å². The number of hydrogen-bond acceptors (Lipinski definition) is 3. The Bertz CT molecular complexity index is 482. The summed E-state index contributed by atoms with van der Waals surface area (Å²) in [6, 6.07) is 2.38. The second-order valence-electron chi connectivity index (χ2n) is 4.17. The molecule has 0 saturated carbocycles. The van der Waals surface area contributed by atoms with E-state index >= 15 is 0 Å². The van der Waals surface area contributed by atoms with Crippen molar-refractivity contribution in [1.82, 2.24) is 4.90 Å². The van der Waals surface area contributed by atoms with Crippen LogP contribution in [0.15, 0.2) is 18.2 Å². The van der Waals surface area contributed by atoms with E-state index in [1.165, 1.54) is 4.90 Å². The van der Waals surface area contributed by atoms with Crippen LogP contribution in [-0.4, -0.2) is 42.2 Å². The molecule has 0 unspecified atom stereocenters. The molecular formula is C12H12F3NO3. The number of phenols is 1. The molecule has 7 heteroatoms. The third-order valence-corrected chi connectivity index (χ3v) is 2.79. The monoisotopic (exact) mass is 275 g/mol. The lowest BCUT2D eigenvalue weighted by Crippen LogP contribution is -2.40. The van der Waals surface area contributed by atoms with Crippen LogP contribution in [-0.2, 0) is 10.9 Å². The van der Waals surface area contributed by atoms with Gasteiger partial charge in [0.15, 0.2) is 0 Å². The number of phenolic OH excluding ortho intramolecular Hbond substituents is 1. The van der Waals surface area contributed by atoms with E-state index in [1.54, 1.807) is 0 Å². The van der Waals surface area contributed by atoms with Crippen LogP contribution in [0.2, 0.25) is 0 Å². The summed E-state index contributed by atoms with van der Waals surface area (Å²) >= 11 is 0. The van der Waals surface area contributed by atoms with Crippen LogP contribution in [0.5, 0.6) is 5.75 Å². The molecular weight excluding hydrogens is 263 g/mol. The molecule has 0 atom stereocenters. The number of benzene rings is 1. The number of carbonyl (C=O) groups is 1. The van der Waals surface area contributed by atoms with E-state index in [-0.39, 0.29) is 5.56 Å². The summed E-state index contributed by atoms with van der Waals surface area (Å²) in [5.74, 6) is -1.11. The highest BCUT2D eigenvalue weighted by atomic mass is 19.4. The third kappa shape index (κ3) is 3.17. The maximum absolute atomic E-state index is 12.6. The van der Waals surface area contributed by atoms with Gasteiger partial charge in [0.25, 0.3) is 5.91 Å².